The van der Waals surface area contributed by atoms with Gasteiger partial charge in [-0.15, -0.1) is 10.2 Å². The van der Waals surface area contributed by atoms with E-state index >= 15 is 0 Å². The predicted molar refractivity (Wildman–Crippen MR) is 82.4 cm³/mol. The summed E-state index contributed by atoms with van der Waals surface area (Å²) in [6, 6.07) is 0. The van der Waals surface area contributed by atoms with Crippen LogP contribution in [0.5, 0.6) is 0 Å². The average Bonchev–Trinajstić information content (AvgIpc) is 2.43. The van der Waals surface area contributed by atoms with Crippen molar-refractivity contribution in [2.45, 2.75) is 46.5 Å². The number of aromatic nitrogens is 3. The molecule has 1 rings (SSSR count). The second kappa shape index (κ2) is 7.84. The van der Waals surface area contributed by atoms with Gasteiger partial charge < -0.3 is 5.73 Å². The summed E-state index contributed by atoms with van der Waals surface area (Å²) in [5, 5.41) is 10.6. The first-order valence-electron chi connectivity index (χ1n) is 6.86. The Morgan fingerprint density at radius 2 is 1.90 bits per heavy atom. The van der Waals surface area contributed by atoms with Crippen LogP contribution < -0.4 is 11.1 Å². The maximum atomic E-state index is 12.1. The highest BCUT2D eigenvalue weighted by Gasteiger charge is 2.21. The SMILES string of the molecule is CCCC(C(=O)Nc1nnc(CC)c(CC)n1)C(N)=S. The Kier molecular flexibility index (Phi) is 6.44. The van der Waals surface area contributed by atoms with Gasteiger partial charge in [0.2, 0.25) is 11.9 Å². The second-order valence-corrected chi connectivity index (χ2v) is 4.94. The number of thiocarbonyl (C=S) groups is 1. The fourth-order valence-electron chi connectivity index (χ4n) is 1.88. The number of aryl methyl sites for hydroxylation is 2. The Hall–Kier alpha value is -1.63. The number of hydrogen-bond acceptors (Lipinski definition) is 5. The number of carbonyl (C=O) groups is 1. The van der Waals surface area contributed by atoms with Crippen LogP contribution in [0.3, 0.4) is 0 Å². The summed E-state index contributed by atoms with van der Waals surface area (Å²) in [5.74, 6) is -0.552. The van der Waals surface area contributed by atoms with Gasteiger partial charge in [-0.2, -0.15) is 0 Å². The maximum Gasteiger partial charge on any atom is 0.249 e. The van der Waals surface area contributed by atoms with Gasteiger partial charge in [-0.3, -0.25) is 10.1 Å². The highest BCUT2D eigenvalue weighted by atomic mass is 32.1. The van der Waals surface area contributed by atoms with Gasteiger partial charge in [0.05, 0.1) is 22.3 Å². The molecular formula is C13H21N5OS. The summed E-state index contributed by atoms with van der Waals surface area (Å²) in [7, 11) is 0. The molecule has 0 radical (unpaired) electrons. The molecule has 1 amide bonds. The van der Waals surface area contributed by atoms with Crippen LogP contribution in [-0.2, 0) is 17.6 Å². The van der Waals surface area contributed by atoms with Gasteiger partial charge >= 0.3 is 0 Å². The molecule has 20 heavy (non-hydrogen) atoms. The number of amides is 1. The molecule has 0 bridgehead atoms. The number of carbonyl (C=O) groups excluding carboxylic acids is 1. The molecule has 7 heteroatoms. The van der Waals surface area contributed by atoms with E-state index in [1.807, 2.05) is 20.8 Å². The summed E-state index contributed by atoms with van der Waals surface area (Å²) in [4.78, 5) is 16.6. The maximum absolute atomic E-state index is 12.1. The molecule has 0 saturated heterocycles. The molecule has 6 nitrogen and oxygen atoms in total. The normalized spacial score (nSPS) is 11.9. The van der Waals surface area contributed by atoms with Crippen molar-refractivity contribution in [1.82, 2.24) is 15.2 Å². The quantitative estimate of drug-likeness (QED) is 0.743. The molecule has 0 aliphatic rings. The van der Waals surface area contributed by atoms with Crippen LogP contribution >= 0.6 is 12.2 Å². The summed E-state index contributed by atoms with van der Waals surface area (Å²) in [6.07, 6.45) is 2.95. The van der Waals surface area contributed by atoms with Crippen LogP contribution in [0.25, 0.3) is 0 Å². The van der Waals surface area contributed by atoms with E-state index in [1.165, 1.54) is 0 Å². The second-order valence-electron chi connectivity index (χ2n) is 4.47. The molecular weight excluding hydrogens is 274 g/mol. The van der Waals surface area contributed by atoms with Crippen LogP contribution in [0.15, 0.2) is 0 Å². The standard InChI is InChI=1S/C13H21N5OS/c1-4-7-8(11(14)20)12(19)16-13-15-9(5-2)10(6-3)17-18-13/h8H,4-7H2,1-3H3,(H2,14,20)(H,15,16,18,19). The van der Waals surface area contributed by atoms with Gasteiger partial charge in [0.1, 0.15) is 0 Å². The zero-order valence-electron chi connectivity index (χ0n) is 12.1. The monoisotopic (exact) mass is 295 g/mol. The summed E-state index contributed by atoms with van der Waals surface area (Å²) in [6.45, 7) is 5.96. The van der Waals surface area contributed by atoms with E-state index in [9.17, 15) is 4.79 Å². The zero-order chi connectivity index (χ0) is 15.1. The first kappa shape index (κ1) is 16.4. The number of nitrogens with two attached hydrogens (primary N) is 1. The van der Waals surface area contributed by atoms with Crippen LogP contribution in [0.1, 0.15) is 45.0 Å². The molecule has 0 fully saturated rings. The topological polar surface area (TPSA) is 93.8 Å². The molecule has 0 aliphatic heterocycles. The van der Waals surface area contributed by atoms with Gasteiger partial charge in [0, 0.05) is 0 Å². The van der Waals surface area contributed by atoms with E-state index < -0.39 is 5.92 Å². The van der Waals surface area contributed by atoms with Gasteiger partial charge in [0.15, 0.2) is 0 Å². The minimum absolute atomic E-state index is 0.193. The van der Waals surface area contributed by atoms with Crippen molar-refractivity contribution in [3.8, 4) is 0 Å². The molecule has 1 unspecified atom stereocenters. The Morgan fingerprint density at radius 3 is 2.40 bits per heavy atom. The molecule has 0 spiro atoms. The number of hydrogen-bond donors (Lipinski definition) is 2. The smallest absolute Gasteiger partial charge is 0.249 e. The largest absolute Gasteiger partial charge is 0.393 e. The third kappa shape index (κ3) is 4.19. The van der Waals surface area contributed by atoms with Crippen molar-refractivity contribution in [3.05, 3.63) is 11.4 Å². The molecule has 0 aromatic carbocycles. The van der Waals surface area contributed by atoms with Crippen molar-refractivity contribution in [2.24, 2.45) is 11.7 Å². The van der Waals surface area contributed by atoms with Crippen molar-refractivity contribution < 1.29 is 4.79 Å². The van der Waals surface area contributed by atoms with Gasteiger partial charge in [-0.1, -0.05) is 39.4 Å². The molecule has 110 valence electrons. The third-order valence-electron chi connectivity index (χ3n) is 2.98. The fraction of sp³-hybridized carbons (Fsp3) is 0.615. The highest BCUT2D eigenvalue weighted by molar-refractivity contribution is 7.80. The Bertz CT molecular complexity index is 492. The first-order chi connectivity index (χ1) is 9.53. The summed E-state index contributed by atoms with van der Waals surface area (Å²) < 4.78 is 0. The third-order valence-corrected chi connectivity index (χ3v) is 3.27. The van der Waals surface area contributed by atoms with Gasteiger partial charge in [-0.25, -0.2) is 4.98 Å². The lowest BCUT2D eigenvalue weighted by molar-refractivity contribution is -0.118. The minimum Gasteiger partial charge on any atom is -0.393 e. The lowest BCUT2D eigenvalue weighted by atomic mass is 10.0. The number of nitrogens with one attached hydrogen (secondary N) is 1. The first-order valence-corrected chi connectivity index (χ1v) is 7.26. The van der Waals surface area contributed by atoms with Gasteiger partial charge in [-0.05, 0) is 19.3 Å². The fourth-order valence-corrected chi connectivity index (χ4v) is 2.10. The summed E-state index contributed by atoms with van der Waals surface area (Å²) >= 11 is 4.92. The number of anilines is 1. The molecule has 1 aromatic rings. The van der Waals surface area contributed by atoms with Crippen LogP contribution in [0.2, 0.25) is 0 Å². The minimum atomic E-state index is -0.491. The van der Waals surface area contributed by atoms with E-state index in [0.717, 1.165) is 30.7 Å². The number of rotatable bonds is 7. The molecule has 3 N–H and O–H groups in total. The van der Waals surface area contributed by atoms with E-state index in [-0.39, 0.29) is 16.8 Å². The molecule has 1 heterocycles. The zero-order valence-corrected chi connectivity index (χ0v) is 13.0. The predicted octanol–water partition coefficient (Wildman–Crippen LogP) is 1.64. The summed E-state index contributed by atoms with van der Waals surface area (Å²) in [5.41, 5.74) is 7.29. The molecule has 0 aliphatic carbocycles. The Morgan fingerprint density at radius 1 is 1.25 bits per heavy atom. The Labute approximate surface area is 124 Å². The van der Waals surface area contributed by atoms with Crippen molar-refractivity contribution in [2.75, 3.05) is 5.32 Å². The van der Waals surface area contributed by atoms with E-state index in [2.05, 4.69) is 20.5 Å². The molecule has 0 saturated carbocycles. The number of nitrogens with zero attached hydrogens (tertiary/aromatic N) is 3. The highest BCUT2D eigenvalue weighted by Crippen LogP contribution is 2.11. The van der Waals surface area contributed by atoms with E-state index in [0.29, 0.717) is 6.42 Å². The van der Waals surface area contributed by atoms with Crippen LogP contribution in [0.4, 0.5) is 5.95 Å². The van der Waals surface area contributed by atoms with Crippen molar-refractivity contribution in [1.29, 1.82) is 0 Å². The van der Waals surface area contributed by atoms with Crippen molar-refractivity contribution in [3.63, 3.8) is 0 Å². The van der Waals surface area contributed by atoms with E-state index in [1.54, 1.807) is 0 Å². The average molecular weight is 295 g/mol. The van der Waals surface area contributed by atoms with Crippen LogP contribution in [-0.4, -0.2) is 26.1 Å². The van der Waals surface area contributed by atoms with Crippen molar-refractivity contribution >= 4 is 29.1 Å². The molecule has 1 atom stereocenters. The Balaban J connectivity index is 2.86. The van der Waals surface area contributed by atoms with Gasteiger partial charge in [0.25, 0.3) is 0 Å². The lowest BCUT2D eigenvalue weighted by Crippen LogP contribution is -2.33. The molecule has 1 aromatic heterocycles. The lowest BCUT2D eigenvalue weighted by Gasteiger charge is -2.14. The van der Waals surface area contributed by atoms with Crippen LogP contribution in [0, 0.1) is 5.92 Å². The van der Waals surface area contributed by atoms with E-state index in [4.69, 9.17) is 18.0 Å².